The number of aromatic nitrogens is 1. The third kappa shape index (κ3) is 3.19. The molecule has 0 spiro atoms. The molecule has 0 saturated heterocycles. The van der Waals surface area contributed by atoms with Crippen LogP contribution in [0.4, 0.5) is 11.7 Å². The number of nitrogens with one attached hydrogen (secondary N) is 2. The molecule has 0 saturated carbocycles. The van der Waals surface area contributed by atoms with Crippen LogP contribution in [0.5, 0.6) is 0 Å². The fraction of sp³-hybridized carbons (Fsp3) is 0.118. The van der Waals surface area contributed by atoms with Gasteiger partial charge in [0.1, 0.15) is 6.26 Å². The van der Waals surface area contributed by atoms with Gasteiger partial charge in [-0.15, -0.1) is 0 Å². The van der Waals surface area contributed by atoms with E-state index in [1.165, 1.54) is 18.6 Å². The van der Waals surface area contributed by atoms with Crippen LogP contribution in [-0.4, -0.2) is 16.8 Å². The Hall–Kier alpha value is -3.35. The average molecular weight is 325 g/mol. The molecule has 0 aliphatic carbocycles. The van der Waals surface area contributed by atoms with Crippen molar-refractivity contribution in [1.82, 2.24) is 4.98 Å². The maximum absolute atomic E-state index is 12.2. The molecule has 3 aromatic rings. The molecular weight excluding hydrogens is 310 g/mol. The van der Waals surface area contributed by atoms with E-state index in [1.54, 1.807) is 12.1 Å². The van der Waals surface area contributed by atoms with Crippen LogP contribution in [-0.2, 0) is 0 Å². The van der Waals surface area contributed by atoms with Gasteiger partial charge < -0.3 is 14.2 Å². The Kier molecular flexibility index (Phi) is 4.15. The first-order valence-electron chi connectivity index (χ1n) is 7.22. The summed E-state index contributed by atoms with van der Waals surface area (Å²) in [5, 5.41) is 5.18. The highest BCUT2D eigenvalue weighted by atomic mass is 16.4. The lowest BCUT2D eigenvalue weighted by Gasteiger charge is -2.08. The minimum Gasteiger partial charge on any atom is -0.459 e. The van der Waals surface area contributed by atoms with E-state index < -0.39 is 11.8 Å². The Morgan fingerprint density at radius 1 is 1.00 bits per heavy atom. The van der Waals surface area contributed by atoms with Gasteiger partial charge in [-0.3, -0.25) is 14.9 Å². The molecule has 2 amide bonds. The van der Waals surface area contributed by atoms with Crippen LogP contribution in [0.2, 0.25) is 0 Å². The Bertz CT molecular complexity index is 881. The largest absolute Gasteiger partial charge is 0.459 e. The molecule has 2 N–H and O–H groups in total. The number of carbonyl (C=O) groups excluding carboxylic acids is 2. The second-order valence-corrected chi connectivity index (χ2v) is 5.17. The van der Waals surface area contributed by atoms with Gasteiger partial charge in [-0.1, -0.05) is 12.1 Å². The molecule has 7 nitrogen and oxygen atoms in total. The predicted octanol–water partition coefficient (Wildman–Crippen LogP) is 3.39. The van der Waals surface area contributed by atoms with Crippen molar-refractivity contribution in [3.63, 3.8) is 0 Å². The van der Waals surface area contributed by atoms with E-state index in [4.69, 9.17) is 8.83 Å². The number of carbonyl (C=O) groups is 2. The quantitative estimate of drug-likeness (QED) is 0.766. The Labute approximate surface area is 137 Å². The van der Waals surface area contributed by atoms with Gasteiger partial charge in [0.2, 0.25) is 0 Å². The number of hydrogen-bond donors (Lipinski definition) is 2. The van der Waals surface area contributed by atoms with Gasteiger partial charge in [-0.05, 0) is 43.2 Å². The number of aryl methyl sites for hydroxylation is 1. The zero-order valence-corrected chi connectivity index (χ0v) is 13.1. The molecule has 0 aliphatic heterocycles. The minimum atomic E-state index is -0.511. The van der Waals surface area contributed by atoms with Gasteiger partial charge in [-0.25, -0.2) is 0 Å². The number of oxazole rings is 1. The summed E-state index contributed by atoms with van der Waals surface area (Å²) in [5.41, 5.74) is 2.80. The number of furan rings is 1. The first kappa shape index (κ1) is 15.5. The zero-order valence-electron chi connectivity index (χ0n) is 13.1. The van der Waals surface area contributed by atoms with Crippen molar-refractivity contribution in [1.29, 1.82) is 0 Å². The number of nitrogens with zero attached hydrogens (tertiary/aromatic N) is 1. The third-order valence-electron chi connectivity index (χ3n) is 3.56. The maximum Gasteiger partial charge on any atom is 0.302 e. The molecule has 2 aromatic heterocycles. The summed E-state index contributed by atoms with van der Waals surface area (Å²) in [6.07, 6.45) is 2.56. The number of benzene rings is 1. The van der Waals surface area contributed by atoms with E-state index in [0.29, 0.717) is 5.69 Å². The standard InChI is InChI=1S/C17H15N3O4/c1-10-5-3-6-12(11(10)2)18-15(21)13-9-24-17(19-13)20-16(22)14-7-4-8-23-14/h3-9H,1-2H3,(H,18,21)(H,19,20,22). The van der Waals surface area contributed by atoms with Gasteiger partial charge in [-0.2, -0.15) is 4.98 Å². The van der Waals surface area contributed by atoms with E-state index in [2.05, 4.69) is 15.6 Å². The topological polar surface area (TPSA) is 97.4 Å². The highest BCUT2D eigenvalue weighted by Gasteiger charge is 2.16. The molecule has 7 heteroatoms. The van der Waals surface area contributed by atoms with E-state index in [0.717, 1.165) is 11.1 Å². The molecule has 0 bridgehead atoms. The molecule has 0 aliphatic rings. The molecule has 0 atom stereocenters. The summed E-state index contributed by atoms with van der Waals surface area (Å²) >= 11 is 0. The lowest BCUT2D eigenvalue weighted by atomic mass is 10.1. The third-order valence-corrected chi connectivity index (χ3v) is 3.56. The summed E-state index contributed by atoms with van der Waals surface area (Å²) in [6, 6.07) is 8.64. The van der Waals surface area contributed by atoms with Gasteiger partial charge in [0.25, 0.3) is 11.8 Å². The van der Waals surface area contributed by atoms with Crippen molar-refractivity contribution >= 4 is 23.5 Å². The predicted molar refractivity (Wildman–Crippen MR) is 87.0 cm³/mol. The summed E-state index contributed by atoms with van der Waals surface area (Å²) < 4.78 is 10.1. The minimum absolute atomic E-state index is 0.0608. The van der Waals surface area contributed by atoms with E-state index in [1.807, 2.05) is 26.0 Å². The number of amides is 2. The maximum atomic E-state index is 12.2. The fourth-order valence-corrected chi connectivity index (χ4v) is 2.07. The highest BCUT2D eigenvalue weighted by Crippen LogP contribution is 2.19. The molecule has 0 radical (unpaired) electrons. The summed E-state index contributed by atoms with van der Waals surface area (Å²) in [4.78, 5) is 28.0. The van der Waals surface area contributed by atoms with Crippen LogP contribution in [0, 0.1) is 13.8 Å². The summed E-state index contributed by atoms with van der Waals surface area (Å²) in [7, 11) is 0. The molecule has 24 heavy (non-hydrogen) atoms. The molecule has 3 rings (SSSR count). The van der Waals surface area contributed by atoms with Crippen LogP contribution in [0.15, 0.2) is 51.7 Å². The lowest BCUT2D eigenvalue weighted by Crippen LogP contribution is -2.14. The van der Waals surface area contributed by atoms with Crippen LogP contribution < -0.4 is 10.6 Å². The van der Waals surface area contributed by atoms with E-state index in [9.17, 15) is 9.59 Å². The van der Waals surface area contributed by atoms with Gasteiger partial charge in [0.05, 0.1) is 6.26 Å². The Balaban J connectivity index is 1.70. The van der Waals surface area contributed by atoms with Crippen LogP contribution in [0.25, 0.3) is 0 Å². The van der Waals surface area contributed by atoms with Crippen LogP contribution in [0.1, 0.15) is 32.2 Å². The van der Waals surface area contributed by atoms with Crippen molar-refractivity contribution < 1.29 is 18.4 Å². The first-order chi connectivity index (χ1) is 11.5. The van der Waals surface area contributed by atoms with E-state index in [-0.39, 0.29) is 17.5 Å². The van der Waals surface area contributed by atoms with Crippen LogP contribution >= 0.6 is 0 Å². The SMILES string of the molecule is Cc1cccc(NC(=O)c2coc(NC(=O)c3ccco3)n2)c1C. The zero-order chi connectivity index (χ0) is 17.1. The molecule has 0 unspecified atom stereocenters. The number of anilines is 2. The molecule has 1 aromatic carbocycles. The Morgan fingerprint density at radius 2 is 1.83 bits per heavy atom. The second kappa shape index (κ2) is 6.41. The monoisotopic (exact) mass is 325 g/mol. The number of hydrogen-bond acceptors (Lipinski definition) is 5. The summed E-state index contributed by atoms with van der Waals surface area (Å²) in [6.45, 7) is 3.88. The van der Waals surface area contributed by atoms with Crippen molar-refractivity contribution in [3.05, 3.63) is 65.4 Å². The average Bonchev–Trinajstić information content (AvgIpc) is 3.23. The summed E-state index contributed by atoms with van der Waals surface area (Å²) in [5.74, 6) is -0.816. The van der Waals surface area contributed by atoms with Crippen molar-refractivity contribution in [2.75, 3.05) is 10.6 Å². The molecule has 122 valence electrons. The fourth-order valence-electron chi connectivity index (χ4n) is 2.07. The highest BCUT2D eigenvalue weighted by molar-refractivity contribution is 6.04. The van der Waals surface area contributed by atoms with Gasteiger partial charge in [0, 0.05) is 5.69 Å². The smallest absolute Gasteiger partial charge is 0.302 e. The second-order valence-electron chi connectivity index (χ2n) is 5.17. The van der Waals surface area contributed by atoms with Crippen molar-refractivity contribution in [3.8, 4) is 0 Å². The van der Waals surface area contributed by atoms with Crippen molar-refractivity contribution in [2.24, 2.45) is 0 Å². The lowest BCUT2D eigenvalue weighted by molar-refractivity contribution is 0.0990. The normalized spacial score (nSPS) is 10.4. The molecule has 0 fully saturated rings. The Morgan fingerprint density at radius 3 is 2.58 bits per heavy atom. The van der Waals surface area contributed by atoms with Gasteiger partial charge in [0.15, 0.2) is 11.5 Å². The van der Waals surface area contributed by atoms with Crippen molar-refractivity contribution in [2.45, 2.75) is 13.8 Å². The first-order valence-corrected chi connectivity index (χ1v) is 7.22. The molecule has 2 heterocycles. The molecular formula is C17H15N3O4. The van der Waals surface area contributed by atoms with E-state index >= 15 is 0 Å². The number of rotatable bonds is 4. The van der Waals surface area contributed by atoms with Crippen LogP contribution in [0.3, 0.4) is 0 Å². The van der Waals surface area contributed by atoms with Gasteiger partial charge >= 0.3 is 6.01 Å².